The normalized spacial score (nSPS) is 13.8. The third-order valence-electron chi connectivity index (χ3n) is 1.96. The highest BCUT2D eigenvalue weighted by atomic mass is 35.5. The van der Waals surface area contributed by atoms with Gasteiger partial charge in [0.25, 0.3) is 0 Å². The van der Waals surface area contributed by atoms with Crippen molar-refractivity contribution in [3.63, 3.8) is 0 Å². The average Bonchev–Trinajstić information content (AvgIpc) is 2.38. The summed E-state index contributed by atoms with van der Waals surface area (Å²) in [5, 5.41) is 5.30. The van der Waals surface area contributed by atoms with Gasteiger partial charge in [0, 0.05) is 6.04 Å². The number of halogens is 1. The van der Waals surface area contributed by atoms with Crippen LogP contribution in [-0.2, 0) is 0 Å². The third-order valence-corrected chi connectivity index (χ3v) is 3.16. The lowest BCUT2D eigenvalue weighted by Crippen LogP contribution is -2.21. The SMILES string of the molecule is CNC(c1ccsc1Cl)C(C)C. The van der Waals surface area contributed by atoms with Crippen molar-refractivity contribution in [2.24, 2.45) is 5.92 Å². The fourth-order valence-corrected chi connectivity index (χ4v) is 2.37. The van der Waals surface area contributed by atoms with E-state index in [0.29, 0.717) is 12.0 Å². The van der Waals surface area contributed by atoms with Gasteiger partial charge in [0.15, 0.2) is 0 Å². The molecule has 0 aliphatic rings. The van der Waals surface area contributed by atoms with E-state index in [9.17, 15) is 0 Å². The van der Waals surface area contributed by atoms with Crippen LogP contribution in [0.5, 0.6) is 0 Å². The first-order valence-corrected chi connectivity index (χ1v) is 5.32. The van der Waals surface area contributed by atoms with E-state index in [2.05, 4.69) is 25.2 Å². The zero-order valence-electron chi connectivity index (χ0n) is 7.60. The van der Waals surface area contributed by atoms with E-state index in [1.807, 2.05) is 12.4 Å². The van der Waals surface area contributed by atoms with E-state index in [4.69, 9.17) is 11.6 Å². The van der Waals surface area contributed by atoms with Crippen molar-refractivity contribution in [3.05, 3.63) is 21.3 Å². The molecular formula is C9H14ClNS. The highest BCUT2D eigenvalue weighted by molar-refractivity contribution is 7.14. The number of rotatable bonds is 3. The lowest BCUT2D eigenvalue weighted by Gasteiger charge is -2.19. The fourth-order valence-electron chi connectivity index (χ4n) is 1.37. The summed E-state index contributed by atoms with van der Waals surface area (Å²) in [7, 11) is 1.97. The minimum atomic E-state index is 0.378. The van der Waals surface area contributed by atoms with Crippen LogP contribution in [0.1, 0.15) is 25.5 Å². The van der Waals surface area contributed by atoms with Crippen molar-refractivity contribution in [2.45, 2.75) is 19.9 Å². The quantitative estimate of drug-likeness (QED) is 0.795. The molecule has 0 radical (unpaired) electrons. The molecule has 1 unspecified atom stereocenters. The molecule has 0 bridgehead atoms. The van der Waals surface area contributed by atoms with E-state index >= 15 is 0 Å². The molecule has 1 aromatic heterocycles. The Balaban J connectivity index is 2.87. The molecule has 3 heteroatoms. The van der Waals surface area contributed by atoms with Gasteiger partial charge in [0.1, 0.15) is 0 Å². The number of nitrogens with one attached hydrogen (secondary N) is 1. The van der Waals surface area contributed by atoms with E-state index in [1.54, 1.807) is 11.3 Å². The Kier molecular flexibility index (Phi) is 3.56. The Morgan fingerprint density at radius 3 is 2.50 bits per heavy atom. The van der Waals surface area contributed by atoms with E-state index in [-0.39, 0.29) is 0 Å². The second-order valence-electron chi connectivity index (χ2n) is 3.16. The van der Waals surface area contributed by atoms with Gasteiger partial charge in [0.05, 0.1) is 4.34 Å². The van der Waals surface area contributed by atoms with Gasteiger partial charge in [-0.15, -0.1) is 11.3 Å². The Morgan fingerprint density at radius 1 is 1.50 bits per heavy atom. The maximum absolute atomic E-state index is 6.04. The lowest BCUT2D eigenvalue weighted by atomic mass is 9.99. The summed E-state index contributed by atoms with van der Waals surface area (Å²) in [5.41, 5.74) is 1.22. The maximum Gasteiger partial charge on any atom is 0.0976 e. The van der Waals surface area contributed by atoms with Crippen molar-refractivity contribution in [2.75, 3.05) is 7.05 Å². The molecule has 1 atom stereocenters. The zero-order chi connectivity index (χ0) is 9.14. The van der Waals surface area contributed by atoms with Crippen LogP contribution in [-0.4, -0.2) is 7.05 Å². The topological polar surface area (TPSA) is 12.0 Å². The standard InChI is InChI=1S/C9H14ClNS/c1-6(2)8(11-3)7-4-5-12-9(7)10/h4-6,8,11H,1-3H3. The van der Waals surface area contributed by atoms with E-state index < -0.39 is 0 Å². The van der Waals surface area contributed by atoms with Gasteiger partial charge in [-0.2, -0.15) is 0 Å². The Hall–Kier alpha value is -0.0500. The van der Waals surface area contributed by atoms with Crippen LogP contribution in [0.2, 0.25) is 4.34 Å². The third kappa shape index (κ3) is 2.00. The number of hydrogen-bond acceptors (Lipinski definition) is 2. The predicted molar refractivity (Wildman–Crippen MR) is 56.0 cm³/mol. The predicted octanol–water partition coefficient (Wildman–Crippen LogP) is 3.32. The minimum Gasteiger partial charge on any atom is -0.313 e. The van der Waals surface area contributed by atoms with Crippen LogP contribution in [0.4, 0.5) is 0 Å². The largest absolute Gasteiger partial charge is 0.313 e. The first-order valence-electron chi connectivity index (χ1n) is 4.07. The summed E-state index contributed by atoms with van der Waals surface area (Å²) >= 11 is 7.63. The maximum atomic E-state index is 6.04. The van der Waals surface area contributed by atoms with Crippen molar-refractivity contribution in [1.29, 1.82) is 0 Å². The summed E-state index contributed by atoms with van der Waals surface area (Å²) in [5.74, 6) is 0.571. The van der Waals surface area contributed by atoms with Crippen LogP contribution in [0.15, 0.2) is 11.4 Å². The molecule has 0 amide bonds. The van der Waals surface area contributed by atoms with Gasteiger partial charge in [-0.05, 0) is 30.0 Å². The number of hydrogen-bond donors (Lipinski definition) is 1. The summed E-state index contributed by atoms with van der Waals surface area (Å²) in [4.78, 5) is 0. The zero-order valence-corrected chi connectivity index (χ0v) is 9.17. The molecule has 0 saturated heterocycles. The number of thiophene rings is 1. The van der Waals surface area contributed by atoms with Crippen LogP contribution >= 0.6 is 22.9 Å². The molecular weight excluding hydrogens is 190 g/mol. The Bertz CT molecular complexity index is 244. The fraction of sp³-hybridized carbons (Fsp3) is 0.556. The minimum absolute atomic E-state index is 0.378. The van der Waals surface area contributed by atoms with Crippen LogP contribution in [0.3, 0.4) is 0 Å². The lowest BCUT2D eigenvalue weighted by molar-refractivity contribution is 0.444. The molecule has 0 fully saturated rings. The first-order chi connectivity index (χ1) is 5.66. The molecule has 1 heterocycles. The van der Waals surface area contributed by atoms with Crippen molar-refractivity contribution < 1.29 is 0 Å². The van der Waals surface area contributed by atoms with Gasteiger partial charge in [0.2, 0.25) is 0 Å². The molecule has 0 spiro atoms. The van der Waals surface area contributed by atoms with Gasteiger partial charge in [-0.1, -0.05) is 25.4 Å². The molecule has 0 saturated carbocycles. The highest BCUT2D eigenvalue weighted by Crippen LogP contribution is 2.31. The first kappa shape index (κ1) is 10.0. The van der Waals surface area contributed by atoms with Crippen molar-refractivity contribution >= 4 is 22.9 Å². The molecule has 0 aromatic carbocycles. The summed E-state index contributed by atoms with van der Waals surface area (Å²) in [6.07, 6.45) is 0. The molecule has 1 N–H and O–H groups in total. The van der Waals surface area contributed by atoms with Gasteiger partial charge < -0.3 is 5.32 Å². The second-order valence-corrected chi connectivity index (χ2v) is 4.68. The van der Waals surface area contributed by atoms with Gasteiger partial charge in [-0.3, -0.25) is 0 Å². The van der Waals surface area contributed by atoms with Crippen LogP contribution in [0.25, 0.3) is 0 Å². The molecule has 0 aliphatic heterocycles. The molecule has 68 valence electrons. The van der Waals surface area contributed by atoms with E-state index in [1.165, 1.54) is 5.56 Å². The summed E-state index contributed by atoms with van der Waals surface area (Å²) < 4.78 is 0.906. The van der Waals surface area contributed by atoms with Crippen molar-refractivity contribution in [1.82, 2.24) is 5.32 Å². The van der Waals surface area contributed by atoms with Crippen LogP contribution < -0.4 is 5.32 Å². The Labute approximate surface area is 82.7 Å². The molecule has 1 aromatic rings. The summed E-state index contributed by atoms with van der Waals surface area (Å²) in [6, 6.07) is 2.47. The molecule has 1 rings (SSSR count). The monoisotopic (exact) mass is 203 g/mol. The highest BCUT2D eigenvalue weighted by Gasteiger charge is 2.16. The average molecular weight is 204 g/mol. The smallest absolute Gasteiger partial charge is 0.0976 e. The van der Waals surface area contributed by atoms with Gasteiger partial charge in [-0.25, -0.2) is 0 Å². The Morgan fingerprint density at radius 2 is 2.17 bits per heavy atom. The summed E-state index contributed by atoms with van der Waals surface area (Å²) in [6.45, 7) is 4.38. The van der Waals surface area contributed by atoms with Crippen LogP contribution in [0, 0.1) is 5.92 Å². The van der Waals surface area contributed by atoms with E-state index in [0.717, 1.165) is 4.34 Å². The molecule has 12 heavy (non-hydrogen) atoms. The molecule has 0 aliphatic carbocycles. The molecule has 1 nitrogen and oxygen atoms in total. The second kappa shape index (κ2) is 4.26. The van der Waals surface area contributed by atoms with Gasteiger partial charge >= 0.3 is 0 Å². The van der Waals surface area contributed by atoms with Crippen molar-refractivity contribution in [3.8, 4) is 0 Å².